The number of benzene rings is 1. The van der Waals surface area contributed by atoms with Crippen LogP contribution in [0.2, 0.25) is 0 Å². The first-order valence-electron chi connectivity index (χ1n) is 8.90. The fourth-order valence-corrected chi connectivity index (χ4v) is 3.11. The number of nitrogens with two attached hydrogens (primary N) is 1. The number of carbonyl (C=O) groups is 1. The molecule has 0 radical (unpaired) electrons. The Bertz CT molecular complexity index is 1040. The summed E-state index contributed by atoms with van der Waals surface area (Å²) in [6.07, 6.45) is 0. The molecule has 0 fully saturated rings. The average molecular weight is 388 g/mol. The first-order valence-corrected chi connectivity index (χ1v) is 8.90. The molecule has 3 rings (SSSR count). The molecule has 0 saturated heterocycles. The maximum Gasteiger partial charge on any atom is 0.332 e. The zero-order valence-corrected chi connectivity index (χ0v) is 16.4. The molecule has 1 atom stereocenters. The van der Waals surface area contributed by atoms with E-state index in [0.29, 0.717) is 31.3 Å². The van der Waals surface area contributed by atoms with E-state index in [4.69, 9.17) is 15.2 Å². The van der Waals surface area contributed by atoms with Crippen molar-refractivity contribution in [3.8, 4) is 11.5 Å². The third kappa shape index (κ3) is 3.40. The van der Waals surface area contributed by atoms with Crippen LogP contribution in [0.25, 0.3) is 0 Å². The van der Waals surface area contributed by atoms with Gasteiger partial charge in [-0.1, -0.05) is 6.07 Å². The Labute approximate surface area is 161 Å². The van der Waals surface area contributed by atoms with E-state index in [2.05, 4.69) is 0 Å². The Balaban J connectivity index is 1.84. The molecular weight excluding hydrogens is 364 g/mol. The number of hydrogen-bond donors (Lipinski definition) is 1. The highest BCUT2D eigenvalue weighted by Crippen LogP contribution is 2.31. The molecule has 1 aliphatic heterocycles. The lowest BCUT2D eigenvalue weighted by Crippen LogP contribution is -2.45. The van der Waals surface area contributed by atoms with Crippen molar-refractivity contribution in [3.05, 3.63) is 50.2 Å². The molecule has 2 N–H and O–H groups in total. The lowest BCUT2D eigenvalue weighted by Gasteiger charge is -2.25. The van der Waals surface area contributed by atoms with Crippen molar-refractivity contribution in [1.29, 1.82) is 0 Å². The molecule has 1 aliphatic rings. The average Bonchev–Trinajstić information content (AvgIpc) is 2.70. The Kier molecular flexibility index (Phi) is 5.28. The molecule has 0 aliphatic carbocycles. The van der Waals surface area contributed by atoms with E-state index >= 15 is 0 Å². The summed E-state index contributed by atoms with van der Waals surface area (Å²) < 4.78 is 13.1. The number of ketones is 1. The van der Waals surface area contributed by atoms with Crippen LogP contribution >= 0.6 is 0 Å². The van der Waals surface area contributed by atoms with Crippen LogP contribution in [0.5, 0.6) is 11.5 Å². The summed E-state index contributed by atoms with van der Waals surface area (Å²) in [7, 11) is 4.53. The minimum Gasteiger partial charge on any atom is -0.486 e. The number of nitrogen functional groups attached to an aromatic ring is 1. The molecule has 0 saturated carbocycles. The molecule has 0 amide bonds. The Morgan fingerprint density at radius 1 is 1.18 bits per heavy atom. The number of likely N-dealkylation sites (N-methyl/N-ethyl adjacent to an activating group) is 1. The predicted octanol–water partition coefficient (Wildman–Crippen LogP) is 0.141. The largest absolute Gasteiger partial charge is 0.486 e. The van der Waals surface area contributed by atoms with Crippen molar-refractivity contribution < 1.29 is 14.3 Å². The van der Waals surface area contributed by atoms with E-state index in [9.17, 15) is 14.4 Å². The minimum absolute atomic E-state index is 0.127. The molecule has 9 nitrogen and oxygen atoms in total. The van der Waals surface area contributed by atoms with Crippen LogP contribution in [-0.4, -0.2) is 46.1 Å². The van der Waals surface area contributed by atoms with E-state index in [1.54, 1.807) is 18.9 Å². The van der Waals surface area contributed by atoms with E-state index in [1.165, 1.54) is 14.1 Å². The smallest absolute Gasteiger partial charge is 0.332 e. The molecule has 150 valence electrons. The van der Waals surface area contributed by atoms with Gasteiger partial charge in [-0.05, 0) is 31.7 Å². The van der Waals surface area contributed by atoms with Crippen molar-refractivity contribution in [2.75, 3.05) is 26.0 Å². The highest BCUT2D eigenvalue weighted by atomic mass is 16.6. The Hall–Kier alpha value is -3.07. The topological polar surface area (TPSA) is 109 Å². The van der Waals surface area contributed by atoms with Crippen LogP contribution in [0.4, 0.5) is 5.82 Å². The Morgan fingerprint density at radius 3 is 2.50 bits per heavy atom. The van der Waals surface area contributed by atoms with Crippen LogP contribution < -0.4 is 26.5 Å². The van der Waals surface area contributed by atoms with Crippen LogP contribution in [0.1, 0.15) is 22.8 Å². The maximum absolute atomic E-state index is 13.0. The lowest BCUT2D eigenvalue weighted by atomic mass is 10.1. The van der Waals surface area contributed by atoms with E-state index in [1.807, 2.05) is 18.2 Å². The second-order valence-electron chi connectivity index (χ2n) is 6.90. The van der Waals surface area contributed by atoms with E-state index in [-0.39, 0.29) is 11.4 Å². The maximum atomic E-state index is 13.0. The van der Waals surface area contributed by atoms with Gasteiger partial charge in [0.25, 0.3) is 5.56 Å². The van der Waals surface area contributed by atoms with Gasteiger partial charge in [-0.2, -0.15) is 0 Å². The first-order chi connectivity index (χ1) is 13.2. The van der Waals surface area contributed by atoms with E-state index < -0.39 is 23.1 Å². The zero-order chi connectivity index (χ0) is 20.6. The molecule has 9 heteroatoms. The van der Waals surface area contributed by atoms with Gasteiger partial charge in [0.15, 0.2) is 17.3 Å². The third-order valence-electron chi connectivity index (χ3n) is 5.04. The van der Waals surface area contributed by atoms with Crippen LogP contribution in [0.3, 0.4) is 0 Å². The van der Waals surface area contributed by atoms with Gasteiger partial charge in [-0.25, -0.2) is 4.79 Å². The van der Waals surface area contributed by atoms with Gasteiger partial charge in [0.2, 0.25) is 0 Å². The summed E-state index contributed by atoms with van der Waals surface area (Å²) in [4.78, 5) is 39.2. The number of ether oxygens (including phenoxy) is 2. The molecule has 1 aromatic heterocycles. The minimum atomic E-state index is -0.690. The second-order valence-corrected chi connectivity index (χ2v) is 6.90. The van der Waals surface area contributed by atoms with Crippen LogP contribution in [0.15, 0.2) is 27.8 Å². The fourth-order valence-electron chi connectivity index (χ4n) is 3.11. The van der Waals surface area contributed by atoms with Crippen LogP contribution in [-0.2, 0) is 20.6 Å². The number of Topliss-reactive ketones (excluding diaryl/α,β-unsaturated/α-hetero) is 1. The number of aromatic nitrogens is 2. The summed E-state index contributed by atoms with van der Waals surface area (Å²) in [6, 6.07) is 4.99. The van der Waals surface area contributed by atoms with Gasteiger partial charge in [-0.15, -0.1) is 0 Å². The standard InChI is InChI=1S/C19H24N4O5/c1-11(16(24)15-17(20)22(3)19(26)23(4)18(15)25)21(2)10-12-5-6-13-14(9-12)28-8-7-27-13/h5-6,9,11H,7-8,10,20H2,1-4H3/t11-/m1/s1. The van der Waals surface area contributed by atoms with E-state index in [0.717, 1.165) is 14.7 Å². The highest BCUT2D eigenvalue weighted by molar-refractivity contribution is 6.03. The molecule has 2 heterocycles. The zero-order valence-electron chi connectivity index (χ0n) is 16.4. The summed E-state index contributed by atoms with van der Waals surface area (Å²) >= 11 is 0. The summed E-state index contributed by atoms with van der Waals surface area (Å²) in [5.74, 6) is 0.807. The van der Waals surface area contributed by atoms with Gasteiger partial charge in [0.05, 0.1) is 6.04 Å². The molecule has 28 heavy (non-hydrogen) atoms. The molecular formula is C19H24N4O5. The third-order valence-corrected chi connectivity index (χ3v) is 5.04. The van der Waals surface area contributed by atoms with Gasteiger partial charge < -0.3 is 15.2 Å². The molecule has 0 bridgehead atoms. The number of anilines is 1. The molecule has 0 unspecified atom stereocenters. The molecule has 1 aromatic carbocycles. The number of hydrogen-bond acceptors (Lipinski definition) is 7. The predicted molar refractivity (Wildman–Crippen MR) is 104 cm³/mol. The van der Waals surface area contributed by atoms with Crippen molar-refractivity contribution in [2.45, 2.75) is 19.5 Å². The number of fused-ring (bicyclic) bond motifs is 1. The van der Waals surface area contributed by atoms with Crippen LogP contribution in [0, 0.1) is 0 Å². The first kappa shape index (κ1) is 19.7. The lowest BCUT2D eigenvalue weighted by molar-refractivity contribution is 0.0860. The van der Waals surface area contributed by atoms with Crippen molar-refractivity contribution >= 4 is 11.6 Å². The summed E-state index contributed by atoms with van der Waals surface area (Å²) in [6.45, 7) is 3.17. The van der Waals surface area contributed by atoms with Gasteiger partial charge in [0, 0.05) is 20.6 Å². The number of carbonyl (C=O) groups excluding carboxylic acids is 1. The van der Waals surface area contributed by atoms with Gasteiger partial charge in [-0.3, -0.25) is 23.6 Å². The molecule has 0 spiro atoms. The monoisotopic (exact) mass is 388 g/mol. The van der Waals surface area contributed by atoms with Crippen molar-refractivity contribution in [3.63, 3.8) is 0 Å². The molecule has 2 aromatic rings. The van der Waals surface area contributed by atoms with Gasteiger partial charge in [0.1, 0.15) is 24.6 Å². The fraction of sp³-hybridized carbons (Fsp3) is 0.421. The second kappa shape index (κ2) is 7.51. The van der Waals surface area contributed by atoms with Crippen molar-refractivity contribution in [1.82, 2.24) is 14.0 Å². The highest BCUT2D eigenvalue weighted by Gasteiger charge is 2.27. The number of nitrogens with zero attached hydrogens (tertiary/aromatic N) is 3. The quantitative estimate of drug-likeness (QED) is 0.726. The van der Waals surface area contributed by atoms with Gasteiger partial charge >= 0.3 is 5.69 Å². The normalized spacial score (nSPS) is 14.2. The summed E-state index contributed by atoms with van der Waals surface area (Å²) in [5.41, 5.74) is 5.40. The number of rotatable bonds is 5. The SMILES string of the molecule is C[C@H](C(=O)c1c(N)n(C)c(=O)n(C)c1=O)N(C)Cc1ccc2c(c1)OCCO2. The Morgan fingerprint density at radius 2 is 1.82 bits per heavy atom. The summed E-state index contributed by atoms with van der Waals surface area (Å²) in [5, 5.41) is 0. The van der Waals surface area contributed by atoms with Crippen molar-refractivity contribution in [2.24, 2.45) is 14.1 Å².